The summed E-state index contributed by atoms with van der Waals surface area (Å²) >= 11 is 8.01. The van der Waals surface area contributed by atoms with Crippen molar-refractivity contribution in [1.82, 2.24) is 5.32 Å². The van der Waals surface area contributed by atoms with Gasteiger partial charge in [0, 0.05) is 12.1 Å². The number of imide groups is 2. The number of ether oxygens (including phenoxy) is 2. The number of rotatable bonds is 8. The number of nitrogens with zero attached hydrogens (tertiary/aromatic N) is 2. The van der Waals surface area contributed by atoms with Crippen LogP contribution in [0.1, 0.15) is 5.56 Å². The molecule has 1 fully saturated rings. The first-order chi connectivity index (χ1) is 19.1. The fourth-order valence-electron chi connectivity index (χ4n) is 3.63. The Morgan fingerprint density at radius 3 is 2.50 bits per heavy atom. The minimum absolute atomic E-state index is 0.0393. The van der Waals surface area contributed by atoms with E-state index in [1.165, 1.54) is 31.4 Å². The molecule has 1 heterocycles. The summed E-state index contributed by atoms with van der Waals surface area (Å²) in [5, 5.41) is 16.0. The van der Waals surface area contributed by atoms with E-state index in [9.17, 15) is 29.3 Å². The molecule has 0 aliphatic carbocycles. The Bertz CT molecular complexity index is 1580. The lowest BCUT2D eigenvalue weighted by molar-refractivity contribution is -0.384. The van der Waals surface area contributed by atoms with Crippen LogP contribution in [0.4, 0.5) is 21.9 Å². The molecule has 0 spiro atoms. The third-order valence-electron chi connectivity index (χ3n) is 5.48. The van der Waals surface area contributed by atoms with E-state index >= 15 is 0 Å². The van der Waals surface area contributed by atoms with Crippen LogP contribution in [-0.4, -0.2) is 42.4 Å². The van der Waals surface area contributed by atoms with E-state index in [0.717, 1.165) is 12.1 Å². The molecule has 1 saturated heterocycles. The number of hydrogen-bond donors (Lipinski definition) is 2. The van der Waals surface area contributed by atoms with Gasteiger partial charge in [0.1, 0.15) is 5.57 Å². The third kappa shape index (κ3) is 6.21. The van der Waals surface area contributed by atoms with E-state index in [0.29, 0.717) is 24.7 Å². The number of benzene rings is 3. The molecule has 1 aliphatic rings. The molecule has 0 aromatic heterocycles. The number of halogens is 2. The van der Waals surface area contributed by atoms with Crippen LogP contribution in [0.2, 0.25) is 5.02 Å². The van der Waals surface area contributed by atoms with Gasteiger partial charge in [-0.1, -0.05) is 23.7 Å². The summed E-state index contributed by atoms with van der Waals surface area (Å²) in [4.78, 5) is 61.5. The Morgan fingerprint density at radius 1 is 1.15 bits per heavy atom. The molecule has 0 atom stereocenters. The number of nitro benzene ring substituents is 1. The summed E-state index contributed by atoms with van der Waals surface area (Å²) in [5.74, 6) is -1.83. The first kappa shape index (κ1) is 28.5. The minimum atomic E-state index is -0.994. The van der Waals surface area contributed by atoms with Crippen molar-refractivity contribution in [3.05, 3.63) is 90.5 Å². The lowest BCUT2D eigenvalue weighted by Gasteiger charge is -2.26. The molecule has 5 amide bonds. The standard InChI is InChI=1S/C26H18ClIN4O8/c1-39-21-12-14(11-19(28)23(21)40-13-22(33)29-20-5-3-2-4-18(20)27)10-17-24(34)30-26(36)31(25(17)35)15-6-8-16(9-7-15)32(37)38/h2-12H,13H2,1H3,(H,29,33)(H,30,34,36)/b17-10-. The predicted molar refractivity (Wildman–Crippen MR) is 153 cm³/mol. The van der Waals surface area contributed by atoms with Crippen LogP contribution >= 0.6 is 34.2 Å². The smallest absolute Gasteiger partial charge is 0.335 e. The van der Waals surface area contributed by atoms with Gasteiger partial charge in [-0.05, 0) is 70.6 Å². The number of non-ortho nitro benzene ring substituents is 1. The topological polar surface area (TPSA) is 157 Å². The number of methoxy groups -OCH3 is 1. The number of hydrogen-bond acceptors (Lipinski definition) is 8. The second-order valence-electron chi connectivity index (χ2n) is 8.08. The van der Waals surface area contributed by atoms with Crippen molar-refractivity contribution in [3.8, 4) is 11.5 Å². The molecule has 0 unspecified atom stereocenters. The molecule has 3 aromatic carbocycles. The highest BCUT2D eigenvalue weighted by Gasteiger charge is 2.37. The molecule has 3 aromatic rings. The second-order valence-corrected chi connectivity index (χ2v) is 9.65. The monoisotopic (exact) mass is 676 g/mol. The normalized spacial score (nSPS) is 14.1. The van der Waals surface area contributed by atoms with Crippen LogP contribution in [0.3, 0.4) is 0 Å². The quantitative estimate of drug-likeness (QED) is 0.116. The van der Waals surface area contributed by atoms with Gasteiger partial charge in [0.2, 0.25) is 0 Å². The molecule has 204 valence electrons. The third-order valence-corrected chi connectivity index (χ3v) is 6.61. The van der Waals surface area contributed by atoms with Crippen molar-refractivity contribution in [2.45, 2.75) is 0 Å². The maximum atomic E-state index is 13.2. The average molecular weight is 677 g/mol. The van der Waals surface area contributed by atoms with Crippen LogP contribution in [0.25, 0.3) is 6.08 Å². The fourth-order valence-corrected chi connectivity index (χ4v) is 4.60. The first-order valence-electron chi connectivity index (χ1n) is 11.3. The zero-order valence-electron chi connectivity index (χ0n) is 20.5. The van der Waals surface area contributed by atoms with Crippen molar-refractivity contribution in [2.75, 3.05) is 23.9 Å². The highest BCUT2D eigenvalue weighted by molar-refractivity contribution is 14.1. The second kappa shape index (κ2) is 12.1. The van der Waals surface area contributed by atoms with Crippen molar-refractivity contribution in [2.24, 2.45) is 0 Å². The number of urea groups is 1. The lowest BCUT2D eigenvalue weighted by atomic mass is 10.1. The Hall–Kier alpha value is -4.50. The molecule has 0 bridgehead atoms. The molecule has 4 rings (SSSR count). The number of barbiturate groups is 1. The van der Waals surface area contributed by atoms with Gasteiger partial charge < -0.3 is 14.8 Å². The molecular weight excluding hydrogens is 659 g/mol. The van der Waals surface area contributed by atoms with E-state index in [2.05, 4.69) is 10.6 Å². The number of carbonyl (C=O) groups excluding carboxylic acids is 4. The van der Waals surface area contributed by atoms with Crippen LogP contribution in [0.15, 0.2) is 66.2 Å². The summed E-state index contributed by atoms with van der Waals surface area (Å²) in [6.07, 6.45) is 1.26. The number of anilines is 2. The van der Waals surface area contributed by atoms with Gasteiger partial charge in [-0.15, -0.1) is 0 Å². The largest absolute Gasteiger partial charge is 0.493 e. The summed E-state index contributed by atoms with van der Waals surface area (Å²) in [6.45, 7) is -0.356. The SMILES string of the molecule is COc1cc(/C=C2/C(=O)NC(=O)N(c3ccc([N+](=O)[O-])cc3)C2=O)cc(I)c1OCC(=O)Nc1ccccc1Cl. The van der Waals surface area contributed by atoms with E-state index < -0.39 is 28.7 Å². The van der Waals surface area contributed by atoms with Gasteiger partial charge in [0.05, 0.1) is 32.0 Å². The van der Waals surface area contributed by atoms with E-state index in [1.54, 1.807) is 30.3 Å². The molecule has 12 nitrogen and oxygen atoms in total. The predicted octanol–water partition coefficient (Wildman–Crippen LogP) is 4.55. The van der Waals surface area contributed by atoms with E-state index in [1.807, 2.05) is 22.6 Å². The molecule has 0 radical (unpaired) electrons. The van der Waals surface area contributed by atoms with Crippen LogP contribution in [0.5, 0.6) is 11.5 Å². The van der Waals surface area contributed by atoms with E-state index in [-0.39, 0.29) is 35.1 Å². The highest BCUT2D eigenvalue weighted by Crippen LogP contribution is 2.35. The van der Waals surface area contributed by atoms with E-state index in [4.69, 9.17) is 21.1 Å². The van der Waals surface area contributed by atoms with Gasteiger partial charge in [-0.25, -0.2) is 9.69 Å². The highest BCUT2D eigenvalue weighted by atomic mass is 127. The number of carbonyl (C=O) groups is 4. The molecule has 0 saturated carbocycles. The Kier molecular flexibility index (Phi) is 8.64. The van der Waals surface area contributed by atoms with Gasteiger partial charge in [-0.3, -0.25) is 29.8 Å². The summed E-state index contributed by atoms with van der Waals surface area (Å²) in [6, 6.07) is 13.5. The molecule has 40 heavy (non-hydrogen) atoms. The van der Waals surface area contributed by atoms with Crippen molar-refractivity contribution in [1.29, 1.82) is 0 Å². The molecular formula is C26H18ClIN4O8. The summed E-state index contributed by atoms with van der Waals surface area (Å²) in [5.41, 5.74) is 0.246. The number of nitro groups is 1. The zero-order chi connectivity index (χ0) is 29.0. The number of amides is 5. The molecule has 14 heteroatoms. The Labute approximate surface area is 245 Å². The zero-order valence-corrected chi connectivity index (χ0v) is 23.4. The average Bonchev–Trinajstić information content (AvgIpc) is 2.91. The maximum absolute atomic E-state index is 13.2. The van der Waals surface area contributed by atoms with Crippen molar-refractivity contribution in [3.63, 3.8) is 0 Å². The van der Waals surface area contributed by atoms with Crippen molar-refractivity contribution < 1.29 is 33.6 Å². The Balaban J connectivity index is 1.56. The Morgan fingerprint density at radius 2 is 1.85 bits per heavy atom. The van der Waals surface area contributed by atoms with Gasteiger partial charge in [0.15, 0.2) is 18.1 Å². The molecule has 1 aliphatic heterocycles. The summed E-state index contributed by atoms with van der Waals surface area (Å²) < 4.78 is 11.6. The van der Waals surface area contributed by atoms with Crippen LogP contribution in [-0.2, 0) is 14.4 Å². The minimum Gasteiger partial charge on any atom is -0.493 e. The molecule has 2 N–H and O–H groups in total. The fraction of sp³-hybridized carbons (Fsp3) is 0.0769. The van der Waals surface area contributed by atoms with Gasteiger partial charge in [0.25, 0.3) is 23.4 Å². The maximum Gasteiger partial charge on any atom is 0.335 e. The van der Waals surface area contributed by atoms with Gasteiger partial charge >= 0.3 is 6.03 Å². The first-order valence-corrected chi connectivity index (χ1v) is 12.8. The van der Waals surface area contributed by atoms with Crippen molar-refractivity contribution >= 4 is 81.1 Å². The van der Waals surface area contributed by atoms with Crippen LogP contribution in [0, 0.1) is 13.7 Å². The van der Waals surface area contributed by atoms with Crippen LogP contribution < -0.4 is 25.0 Å². The lowest BCUT2D eigenvalue weighted by Crippen LogP contribution is -2.54. The number of nitrogens with one attached hydrogen (secondary N) is 2. The van der Waals surface area contributed by atoms with Gasteiger partial charge in [-0.2, -0.15) is 0 Å². The number of para-hydroxylation sites is 1. The summed E-state index contributed by atoms with van der Waals surface area (Å²) in [7, 11) is 1.38.